The molecule has 1 aliphatic heterocycles. The van der Waals surface area contributed by atoms with Gasteiger partial charge in [-0.2, -0.15) is 0 Å². The van der Waals surface area contributed by atoms with Crippen LogP contribution >= 0.6 is 0 Å². The zero-order chi connectivity index (χ0) is 21.5. The molecule has 158 valence electrons. The Morgan fingerprint density at radius 3 is 2.57 bits per heavy atom. The van der Waals surface area contributed by atoms with Crippen LogP contribution in [-0.2, 0) is 23.2 Å². The second kappa shape index (κ2) is 7.76. The smallest absolute Gasteiger partial charge is 0.325 e. The van der Waals surface area contributed by atoms with Crippen LogP contribution in [0.4, 0.5) is 4.79 Å². The van der Waals surface area contributed by atoms with E-state index in [4.69, 9.17) is 4.74 Å². The Bertz CT molecular complexity index is 982. The standard InChI is InChI=1S/C24H28N2O4/c1-15-6-4-7-16(2)21(15)30-14-20(27)13-26-22(28)24(3,25-23(26)29)19-11-10-17-8-5-9-18(17)12-19/h4,6-7,10-12,20,27H,5,8-9,13-14H2,1-3H3,(H,25,29)/t20-,24+/m0/s1. The van der Waals surface area contributed by atoms with E-state index in [2.05, 4.69) is 11.4 Å². The van der Waals surface area contributed by atoms with Crippen LogP contribution in [0, 0.1) is 13.8 Å². The number of fused-ring (bicyclic) bond motifs is 1. The number of para-hydroxylation sites is 1. The van der Waals surface area contributed by atoms with Gasteiger partial charge in [0.25, 0.3) is 5.91 Å². The second-order valence-electron chi connectivity index (χ2n) is 8.49. The molecular weight excluding hydrogens is 380 g/mol. The zero-order valence-corrected chi connectivity index (χ0v) is 17.7. The summed E-state index contributed by atoms with van der Waals surface area (Å²) < 4.78 is 5.78. The number of hydrogen-bond donors (Lipinski definition) is 2. The molecule has 0 aromatic heterocycles. The highest BCUT2D eigenvalue weighted by molar-refractivity contribution is 6.07. The Balaban J connectivity index is 1.45. The normalized spacial score (nSPS) is 21.5. The number of aryl methyl sites for hydroxylation is 4. The predicted molar refractivity (Wildman–Crippen MR) is 113 cm³/mol. The number of rotatable bonds is 6. The van der Waals surface area contributed by atoms with Crippen molar-refractivity contribution in [2.24, 2.45) is 0 Å². The van der Waals surface area contributed by atoms with Gasteiger partial charge in [-0.25, -0.2) is 4.79 Å². The highest BCUT2D eigenvalue weighted by Gasteiger charge is 2.49. The summed E-state index contributed by atoms with van der Waals surface area (Å²) in [6.07, 6.45) is 2.19. The quantitative estimate of drug-likeness (QED) is 0.721. The molecule has 0 saturated carbocycles. The molecule has 2 aliphatic rings. The van der Waals surface area contributed by atoms with Crippen LogP contribution in [0.3, 0.4) is 0 Å². The highest BCUT2D eigenvalue weighted by atomic mass is 16.5. The molecule has 0 radical (unpaired) electrons. The Morgan fingerprint density at radius 1 is 1.13 bits per heavy atom. The largest absolute Gasteiger partial charge is 0.490 e. The number of nitrogens with one attached hydrogen (secondary N) is 1. The summed E-state index contributed by atoms with van der Waals surface area (Å²) in [6.45, 7) is 5.49. The number of nitrogens with zero attached hydrogens (tertiary/aromatic N) is 1. The molecule has 1 aliphatic carbocycles. The van der Waals surface area contributed by atoms with Gasteiger partial charge in [-0.3, -0.25) is 9.69 Å². The number of benzene rings is 2. The Morgan fingerprint density at radius 2 is 1.83 bits per heavy atom. The van der Waals surface area contributed by atoms with E-state index < -0.39 is 17.7 Å². The van der Waals surface area contributed by atoms with Crippen molar-refractivity contribution >= 4 is 11.9 Å². The number of amides is 3. The molecule has 1 fully saturated rings. The van der Waals surface area contributed by atoms with Crippen LogP contribution in [0.5, 0.6) is 5.75 Å². The van der Waals surface area contributed by atoms with E-state index in [1.165, 1.54) is 11.1 Å². The maximum atomic E-state index is 13.1. The van der Waals surface area contributed by atoms with E-state index in [9.17, 15) is 14.7 Å². The number of urea groups is 1. The lowest BCUT2D eigenvalue weighted by atomic mass is 9.89. The lowest BCUT2D eigenvalue weighted by Gasteiger charge is -2.24. The molecule has 30 heavy (non-hydrogen) atoms. The minimum atomic E-state index is -1.12. The van der Waals surface area contributed by atoms with Crippen molar-refractivity contribution in [2.45, 2.75) is 51.7 Å². The van der Waals surface area contributed by atoms with Gasteiger partial charge in [0.1, 0.15) is 24.0 Å². The molecule has 2 atom stereocenters. The van der Waals surface area contributed by atoms with Crippen LogP contribution in [0.1, 0.15) is 41.2 Å². The molecule has 4 rings (SSSR count). The summed E-state index contributed by atoms with van der Waals surface area (Å²) in [5, 5.41) is 13.3. The van der Waals surface area contributed by atoms with Gasteiger partial charge < -0.3 is 15.2 Å². The third-order valence-electron chi connectivity index (χ3n) is 6.17. The molecule has 0 unspecified atom stereocenters. The molecular formula is C24H28N2O4. The molecule has 6 nitrogen and oxygen atoms in total. The molecule has 0 spiro atoms. The average molecular weight is 408 g/mol. The van der Waals surface area contributed by atoms with Gasteiger partial charge >= 0.3 is 6.03 Å². The highest BCUT2D eigenvalue weighted by Crippen LogP contribution is 2.32. The van der Waals surface area contributed by atoms with Gasteiger partial charge in [0, 0.05) is 0 Å². The summed E-state index contributed by atoms with van der Waals surface area (Å²) in [5.41, 5.74) is 4.17. The summed E-state index contributed by atoms with van der Waals surface area (Å²) in [4.78, 5) is 26.8. The predicted octanol–water partition coefficient (Wildman–Crippen LogP) is 3.00. The Labute approximate surface area is 176 Å². The van der Waals surface area contributed by atoms with Gasteiger partial charge in [-0.15, -0.1) is 0 Å². The van der Waals surface area contributed by atoms with E-state index in [1.54, 1.807) is 6.92 Å². The molecule has 2 N–H and O–H groups in total. The van der Waals surface area contributed by atoms with Crippen molar-refractivity contribution in [1.82, 2.24) is 10.2 Å². The van der Waals surface area contributed by atoms with Gasteiger partial charge in [0.2, 0.25) is 0 Å². The number of aliphatic hydroxyl groups is 1. The molecule has 1 saturated heterocycles. The molecule has 0 bridgehead atoms. The minimum absolute atomic E-state index is 0.00167. The molecule has 3 amide bonds. The first kappa shape index (κ1) is 20.4. The van der Waals surface area contributed by atoms with Crippen molar-refractivity contribution in [3.05, 3.63) is 64.2 Å². The first-order valence-electron chi connectivity index (χ1n) is 10.4. The third kappa shape index (κ3) is 3.56. The van der Waals surface area contributed by atoms with Crippen molar-refractivity contribution in [3.63, 3.8) is 0 Å². The van der Waals surface area contributed by atoms with Crippen LogP contribution in [0.25, 0.3) is 0 Å². The molecule has 2 aromatic carbocycles. The van der Waals surface area contributed by atoms with Crippen molar-refractivity contribution in [3.8, 4) is 5.75 Å². The molecule has 1 heterocycles. The van der Waals surface area contributed by atoms with Gasteiger partial charge in [0.15, 0.2) is 0 Å². The van der Waals surface area contributed by atoms with E-state index in [0.29, 0.717) is 0 Å². The topological polar surface area (TPSA) is 78.9 Å². The van der Waals surface area contributed by atoms with Crippen LogP contribution in [-0.4, -0.2) is 41.2 Å². The maximum absolute atomic E-state index is 13.1. The maximum Gasteiger partial charge on any atom is 0.325 e. The van der Waals surface area contributed by atoms with Gasteiger partial charge in [-0.1, -0.05) is 36.4 Å². The number of ether oxygens (including phenoxy) is 1. The number of β-amino-alcohol motifs (C(OH)–C–C–N with tert-alkyl or cyclic N) is 1. The summed E-state index contributed by atoms with van der Waals surface area (Å²) >= 11 is 0. The van der Waals surface area contributed by atoms with Gasteiger partial charge in [-0.05, 0) is 67.9 Å². The monoisotopic (exact) mass is 408 g/mol. The van der Waals surface area contributed by atoms with Gasteiger partial charge in [0.05, 0.1) is 6.54 Å². The number of hydrogen-bond acceptors (Lipinski definition) is 4. The minimum Gasteiger partial charge on any atom is -0.490 e. The summed E-state index contributed by atoms with van der Waals surface area (Å²) in [5.74, 6) is 0.369. The van der Waals surface area contributed by atoms with E-state index in [0.717, 1.165) is 46.6 Å². The van der Waals surface area contributed by atoms with Crippen LogP contribution < -0.4 is 10.1 Å². The lowest BCUT2D eigenvalue weighted by molar-refractivity contribution is -0.132. The number of carbonyl (C=O) groups excluding carboxylic acids is 2. The average Bonchev–Trinajstić information content (AvgIpc) is 3.26. The Hall–Kier alpha value is -2.86. The van der Waals surface area contributed by atoms with Crippen molar-refractivity contribution < 1.29 is 19.4 Å². The number of imide groups is 1. The molecule has 2 aromatic rings. The van der Waals surface area contributed by atoms with E-state index in [1.807, 2.05) is 44.2 Å². The van der Waals surface area contributed by atoms with Crippen molar-refractivity contribution in [1.29, 1.82) is 0 Å². The first-order chi connectivity index (χ1) is 14.3. The number of carbonyl (C=O) groups is 2. The van der Waals surface area contributed by atoms with E-state index in [-0.39, 0.29) is 19.1 Å². The van der Waals surface area contributed by atoms with Crippen molar-refractivity contribution in [2.75, 3.05) is 13.2 Å². The lowest BCUT2D eigenvalue weighted by Crippen LogP contribution is -2.42. The van der Waals surface area contributed by atoms with Crippen LogP contribution in [0.15, 0.2) is 36.4 Å². The first-order valence-corrected chi connectivity index (χ1v) is 10.4. The second-order valence-corrected chi connectivity index (χ2v) is 8.49. The molecule has 6 heteroatoms. The summed E-state index contributed by atoms with van der Waals surface area (Å²) in [6, 6.07) is 11.3. The SMILES string of the molecule is Cc1cccc(C)c1OC[C@@H](O)CN1C(=O)N[C@](C)(c2ccc3c(c2)CCC3)C1=O. The zero-order valence-electron chi connectivity index (χ0n) is 17.7. The van der Waals surface area contributed by atoms with Crippen LogP contribution in [0.2, 0.25) is 0 Å². The fourth-order valence-corrected chi connectivity index (χ4v) is 4.41. The number of aliphatic hydroxyl groups excluding tert-OH is 1. The Kier molecular flexibility index (Phi) is 5.28. The van der Waals surface area contributed by atoms with E-state index >= 15 is 0 Å². The fourth-order valence-electron chi connectivity index (χ4n) is 4.41. The fraction of sp³-hybridized carbons (Fsp3) is 0.417. The third-order valence-corrected chi connectivity index (χ3v) is 6.17. The summed E-state index contributed by atoms with van der Waals surface area (Å²) in [7, 11) is 0.